The van der Waals surface area contributed by atoms with Gasteiger partial charge in [0.1, 0.15) is 11.5 Å². The van der Waals surface area contributed by atoms with Crippen LogP contribution in [0.5, 0.6) is 11.5 Å². The van der Waals surface area contributed by atoms with Crippen LogP contribution in [-0.2, 0) is 6.42 Å². The van der Waals surface area contributed by atoms with Crippen LogP contribution >= 0.6 is 0 Å². The van der Waals surface area contributed by atoms with E-state index in [1.807, 2.05) is 12.3 Å². The lowest BCUT2D eigenvalue weighted by atomic mass is 10.1. The van der Waals surface area contributed by atoms with E-state index in [0.717, 1.165) is 35.5 Å². The van der Waals surface area contributed by atoms with Crippen molar-refractivity contribution in [3.8, 4) is 11.5 Å². The molecule has 1 heterocycles. The predicted octanol–water partition coefficient (Wildman–Crippen LogP) is 4.08. The van der Waals surface area contributed by atoms with E-state index in [2.05, 4.69) is 44.8 Å². The summed E-state index contributed by atoms with van der Waals surface area (Å²) in [6.07, 6.45) is 5.39. The summed E-state index contributed by atoms with van der Waals surface area (Å²) >= 11 is 0. The maximum atomic E-state index is 6.02. The second-order valence-electron chi connectivity index (χ2n) is 5.71. The second-order valence-corrected chi connectivity index (χ2v) is 5.71. The number of pyridine rings is 1. The fourth-order valence-corrected chi connectivity index (χ4v) is 2.31. The Balaban J connectivity index is 2.22. The second kappa shape index (κ2) is 6.72. The van der Waals surface area contributed by atoms with Crippen molar-refractivity contribution in [2.75, 3.05) is 0 Å². The molecule has 2 rings (SSSR count). The highest BCUT2D eigenvalue weighted by Gasteiger charge is 2.07. The van der Waals surface area contributed by atoms with Crippen molar-refractivity contribution in [2.24, 2.45) is 5.73 Å². The van der Waals surface area contributed by atoms with E-state index >= 15 is 0 Å². The van der Waals surface area contributed by atoms with Crippen molar-refractivity contribution in [1.82, 2.24) is 4.98 Å². The lowest BCUT2D eigenvalue weighted by Crippen LogP contribution is -2.21. The molecule has 0 saturated carbocycles. The fourth-order valence-electron chi connectivity index (χ4n) is 2.31. The zero-order valence-corrected chi connectivity index (χ0v) is 13.3. The number of hydrogen-bond donors (Lipinski definition) is 1. The third kappa shape index (κ3) is 4.05. The molecule has 2 N–H and O–H groups in total. The maximum Gasteiger partial charge on any atom is 0.145 e. The summed E-state index contributed by atoms with van der Waals surface area (Å²) in [5.41, 5.74) is 10.7. The molecule has 21 heavy (non-hydrogen) atoms. The maximum absolute atomic E-state index is 6.02. The fraction of sp³-hybridized carbons (Fsp3) is 0.389. The van der Waals surface area contributed by atoms with Gasteiger partial charge in [-0.05, 0) is 68.0 Å². The third-order valence-electron chi connectivity index (χ3n) is 3.78. The van der Waals surface area contributed by atoms with Gasteiger partial charge in [-0.2, -0.15) is 0 Å². The molecule has 3 heteroatoms. The minimum Gasteiger partial charge on any atom is -0.455 e. The van der Waals surface area contributed by atoms with Crippen molar-refractivity contribution in [2.45, 2.75) is 46.6 Å². The van der Waals surface area contributed by atoms with Crippen LogP contribution in [0.3, 0.4) is 0 Å². The first-order valence-corrected chi connectivity index (χ1v) is 7.44. The number of nitrogens with zero attached hydrogens (tertiary/aromatic N) is 1. The number of rotatable bonds is 5. The van der Waals surface area contributed by atoms with Crippen LogP contribution in [0.2, 0.25) is 0 Å². The van der Waals surface area contributed by atoms with E-state index < -0.39 is 0 Å². The van der Waals surface area contributed by atoms with E-state index in [0.29, 0.717) is 0 Å². The number of hydrogen-bond acceptors (Lipinski definition) is 3. The summed E-state index contributed by atoms with van der Waals surface area (Å²) in [6.45, 7) is 8.35. The van der Waals surface area contributed by atoms with Crippen molar-refractivity contribution in [1.29, 1.82) is 0 Å². The van der Waals surface area contributed by atoms with Gasteiger partial charge in [0.25, 0.3) is 0 Å². The normalized spacial score (nSPS) is 12.2. The molecule has 0 aliphatic rings. The van der Waals surface area contributed by atoms with Gasteiger partial charge >= 0.3 is 0 Å². The van der Waals surface area contributed by atoms with Gasteiger partial charge in [0, 0.05) is 12.2 Å². The summed E-state index contributed by atoms with van der Waals surface area (Å²) < 4.78 is 6.02. The summed E-state index contributed by atoms with van der Waals surface area (Å²) in [5, 5.41) is 0. The molecule has 0 amide bonds. The minimum atomic E-state index is 0.171. The van der Waals surface area contributed by atoms with Gasteiger partial charge in [-0.15, -0.1) is 0 Å². The Labute approximate surface area is 127 Å². The Morgan fingerprint density at radius 2 is 1.90 bits per heavy atom. The van der Waals surface area contributed by atoms with Crippen LogP contribution in [0.4, 0.5) is 0 Å². The minimum absolute atomic E-state index is 0.171. The number of benzene rings is 1. The zero-order chi connectivity index (χ0) is 15.4. The first-order valence-electron chi connectivity index (χ1n) is 7.44. The highest BCUT2D eigenvalue weighted by molar-refractivity contribution is 5.44. The molecule has 0 radical (unpaired) electrons. The number of aromatic nitrogens is 1. The van der Waals surface area contributed by atoms with Gasteiger partial charge in [0.05, 0.1) is 6.20 Å². The van der Waals surface area contributed by atoms with Crippen LogP contribution in [0.15, 0.2) is 30.6 Å². The third-order valence-corrected chi connectivity index (χ3v) is 3.78. The molecule has 1 aromatic heterocycles. The number of ether oxygens (including phenoxy) is 1. The molecule has 0 aliphatic heterocycles. The lowest BCUT2D eigenvalue weighted by Gasteiger charge is -2.13. The Kier molecular flexibility index (Phi) is 4.97. The van der Waals surface area contributed by atoms with Crippen LogP contribution < -0.4 is 10.5 Å². The molecule has 0 bridgehead atoms. The quantitative estimate of drug-likeness (QED) is 0.900. The molecule has 0 spiro atoms. The van der Waals surface area contributed by atoms with Gasteiger partial charge in [0.15, 0.2) is 0 Å². The van der Waals surface area contributed by atoms with Crippen LogP contribution in [0.25, 0.3) is 0 Å². The molecule has 3 nitrogen and oxygen atoms in total. The Hall–Kier alpha value is -1.87. The zero-order valence-electron chi connectivity index (χ0n) is 13.3. The summed E-state index contributed by atoms with van der Waals surface area (Å²) in [7, 11) is 0. The Bertz CT molecular complexity index is 623. The number of nitrogens with two attached hydrogens (primary N) is 1. The molecular weight excluding hydrogens is 260 g/mol. The van der Waals surface area contributed by atoms with Crippen molar-refractivity contribution >= 4 is 0 Å². The van der Waals surface area contributed by atoms with Gasteiger partial charge in [-0.25, -0.2) is 0 Å². The first kappa shape index (κ1) is 15.5. The standard InChI is InChI=1S/C18H24N2O/c1-5-16(19)8-15-9-17(11-20-10-15)21-18-7-12(2)6-13(3)14(18)4/h6-7,9-11,16H,5,8,19H2,1-4H3. The van der Waals surface area contributed by atoms with Crippen molar-refractivity contribution in [3.63, 3.8) is 0 Å². The van der Waals surface area contributed by atoms with E-state index in [-0.39, 0.29) is 6.04 Å². The molecule has 0 aliphatic carbocycles. The van der Waals surface area contributed by atoms with Crippen LogP contribution in [-0.4, -0.2) is 11.0 Å². The van der Waals surface area contributed by atoms with Gasteiger partial charge in [-0.3, -0.25) is 4.98 Å². The number of aryl methyl sites for hydroxylation is 2. The Morgan fingerprint density at radius 1 is 1.14 bits per heavy atom. The summed E-state index contributed by atoms with van der Waals surface area (Å²) in [6, 6.07) is 6.42. The molecule has 1 atom stereocenters. The van der Waals surface area contributed by atoms with E-state index in [1.165, 1.54) is 11.1 Å². The molecule has 0 saturated heterocycles. The molecule has 112 valence electrons. The highest BCUT2D eigenvalue weighted by Crippen LogP contribution is 2.28. The largest absolute Gasteiger partial charge is 0.455 e. The molecule has 1 unspecified atom stereocenters. The molecule has 2 aromatic rings. The lowest BCUT2D eigenvalue weighted by molar-refractivity contribution is 0.474. The average Bonchev–Trinajstić information content (AvgIpc) is 2.44. The van der Waals surface area contributed by atoms with Gasteiger partial charge < -0.3 is 10.5 Å². The summed E-state index contributed by atoms with van der Waals surface area (Å²) in [5.74, 6) is 1.66. The topological polar surface area (TPSA) is 48.1 Å². The van der Waals surface area contributed by atoms with Crippen molar-refractivity contribution in [3.05, 3.63) is 52.8 Å². The van der Waals surface area contributed by atoms with Gasteiger partial charge in [0.2, 0.25) is 0 Å². The average molecular weight is 284 g/mol. The predicted molar refractivity (Wildman–Crippen MR) is 86.9 cm³/mol. The van der Waals surface area contributed by atoms with Crippen LogP contribution in [0, 0.1) is 20.8 Å². The van der Waals surface area contributed by atoms with Crippen LogP contribution in [0.1, 0.15) is 35.6 Å². The monoisotopic (exact) mass is 284 g/mol. The molecule has 1 aromatic carbocycles. The van der Waals surface area contributed by atoms with E-state index in [1.54, 1.807) is 6.20 Å². The van der Waals surface area contributed by atoms with E-state index in [9.17, 15) is 0 Å². The first-order chi connectivity index (χ1) is 9.99. The van der Waals surface area contributed by atoms with Crippen molar-refractivity contribution < 1.29 is 4.74 Å². The molecular formula is C18H24N2O. The SMILES string of the molecule is CCC(N)Cc1cncc(Oc2cc(C)cc(C)c2C)c1. The Morgan fingerprint density at radius 3 is 2.62 bits per heavy atom. The molecule has 0 fully saturated rings. The highest BCUT2D eigenvalue weighted by atomic mass is 16.5. The van der Waals surface area contributed by atoms with Gasteiger partial charge in [-0.1, -0.05) is 13.0 Å². The smallest absolute Gasteiger partial charge is 0.145 e. The van der Waals surface area contributed by atoms with E-state index in [4.69, 9.17) is 10.5 Å². The summed E-state index contributed by atoms with van der Waals surface area (Å²) in [4.78, 5) is 4.26.